The van der Waals surface area contributed by atoms with Crippen molar-refractivity contribution in [2.45, 2.75) is 70.4 Å². The van der Waals surface area contributed by atoms with E-state index in [4.69, 9.17) is 14.2 Å². The Labute approximate surface area is 128 Å². The molecular weight excluding hydrogens is 268 g/mol. The molecule has 3 fully saturated rings. The number of ether oxygens (including phenoxy) is 3. The molecular formula is C17H30O4. The Morgan fingerprint density at radius 3 is 2.38 bits per heavy atom. The first-order valence-corrected chi connectivity index (χ1v) is 8.58. The molecule has 0 aromatic rings. The van der Waals surface area contributed by atoms with E-state index < -0.39 is 0 Å². The molecule has 21 heavy (non-hydrogen) atoms. The predicted octanol–water partition coefficient (Wildman–Crippen LogP) is 2.38. The van der Waals surface area contributed by atoms with E-state index in [2.05, 4.69) is 20.8 Å². The van der Waals surface area contributed by atoms with Crippen LogP contribution in [-0.4, -0.2) is 48.8 Å². The molecule has 1 spiro atoms. The van der Waals surface area contributed by atoms with Crippen molar-refractivity contribution >= 4 is 0 Å². The summed E-state index contributed by atoms with van der Waals surface area (Å²) in [4.78, 5) is 0. The molecule has 3 heterocycles. The lowest BCUT2D eigenvalue weighted by Gasteiger charge is -2.45. The van der Waals surface area contributed by atoms with E-state index in [0.717, 1.165) is 45.5 Å². The minimum atomic E-state index is -0.274. The molecule has 3 aliphatic heterocycles. The van der Waals surface area contributed by atoms with Crippen LogP contribution in [-0.2, 0) is 14.2 Å². The molecule has 0 saturated carbocycles. The molecule has 0 aliphatic carbocycles. The molecule has 0 aromatic heterocycles. The fraction of sp³-hybridized carbons (Fsp3) is 1.00. The van der Waals surface area contributed by atoms with Crippen molar-refractivity contribution < 1.29 is 19.3 Å². The molecule has 3 rings (SSSR count). The van der Waals surface area contributed by atoms with Crippen molar-refractivity contribution in [3.63, 3.8) is 0 Å². The molecule has 6 atom stereocenters. The lowest BCUT2D eigenvalue weighted by Crippen LogP contribution is -2.49. The first kappa shape index (κ1) is 15.7. The molecule has 4 nitrogen and oxygen atoms in total. The minimum absolute atomic E-state index is 0.0420. The summed E-state index contributed by atoms with van der Waals surface area (Å²) in [7, 11) is 0. The van der Waals surface area contributed by atoms with Gasteiger partial charge in [0.1, 0.15) is 0 Å². The average molecular weight is 298 g/mol. The standard InChI is InChI=1S/C17H30O4/c1-11-12(2)21-13(3)15(11)16(18)14-4-7-20-17(10-14)5-8-19-9-6-17/h11-16,18H,4-10H2,1-3H3. The van der Waals surface area contributed by atoms with Gasteiger partial charge in [-0.3, -0.25) is 0 Å². The van der Waals surface area contributed by atoms with E-state index in [0.29, 0.717) is 11.8 Å². The second kappa shape index (κ2) is 6.15. The average Bonchev–Trinajstić information content (AvgIpc) is 2.72. The maximum absolute atomic E-state index is 11.0. The van der Waals surface area contributed by atoms with E-state index in [1.165, 1.54) is 0 Å². The number of aliphatic hydroxyl groups excluding tert-OH is 1. The summed E-state index contributed by atoms with van der Waals surface area (Å²) in [5.74, 6) is 1.00. The Balaban J connectivity index is 1.68. The van der Waals surface area contributed by atoms with Crippen molar-refractivity contribution in [3.05, 3.63) is 0 Å². The van der Waals surface area contributed by atoms with Crippen LogP contribution in [0.5, 0.6) is 0 Å². The van der Waals surface area contributed by atoms with Crippen molar-refractivity contribution in [2.24, 2.45) is 17.8 Å². The van der Waals surface area contributed by atoms with E-state index in [-0.39, 0.29) is 29.8 Å². The third-order valence-electron chi connectivity index (χ3n) is 6.13. The first-order chi connectivity index (χ1) is 10.0. The molecule has 0 radical (unpaired) electrons. The molecule has 1 N–H and O–H groups in total. The lowest BCUT2D eigenvalue weighted by molar-refractivity contribution is -0.164. The molecule has 0 amide bonds. The van der Waals surface area contributed by atoms with Gasteiger partial charge < -0.3 is 19.3 Å². The Bertz CT molecular complexity index is 347. The molecule has 3 aliphatic rings. The summed E-state index contributed by atoms with van der Waals surface area (Å²) < 4.78 is 17.5. The summed E-state index contributed by atoms with van der Waals surface area (Å²) in [6, 6.07) is 0. The minimum Gasteiger partial charge on any atom is -0.392 e. The smallest absolute Gasteiger partial charge is 0.0730 e. The summed E-state index contributed by atoms with van der Waals surface area (Å²) in [6.07, 6.45) is 4.01. The van der Waals surface area contributed by atoms with Gasteiger partial charge in [0.25, 0.3) is 0 Å². The van der Waals surface area contributed by atoms with Gasteiger partial charge in [-0.05, 0) is 51.4 Å². The number of hydrogen-bond donors (Lipinski definition) is 1. The van der Waals surface area contributed by atoms with Gasteiger partial charge in [-0.15, -0.1) is 0 Å². The van der Waals surface area contributed by atoms with Gasteiger partial charge in [0.15, 0.2) is 0 Å². The zero-order valence-electron chi connectivity index (χ0n) is 13.6. The quantitative estimate of drug-likeness (QED) is 0.850. The second-order valence-electron chi connectivity index (χ2n) is 7.37. The van der Waals surface area contributed by atoms with Crippen LogP contribution in [0.3, 0.4) is 0 Å². The Kier molecular flexibility index (Phi) is 4.60. The van der Waals surface area contributed by atoms with Crippen LogP contribution < -0.4 is 0 Å². The van der Waals surface area contributed by atoms with E-state index >= 15 is 0 Å². The zero-order valence-corrected chi connectivity index (χ0v) is 13.6. The maximum atomic E-state index is 11.0. The van der Waals surface area contributed by atoms with Gasteiger partial charge in [-0.25, -0.2) is 0 Å². The highest BCUT2D eigenvalue weighted by Crippen LogP contribution is 2.43. The summed E-state index contributed by atoms with van der Waals surface area (Å²) in [6.45, 7) is 8.80. The summed E-state index contributed by atoms with van der Waals surface area (Å²) >= 11 is 0. The molecule has 0 bridgehead atoms. The molecule has 4 heteroatoms. The number of aliphatic hydroxyl groups is 1. The molecule has 122 valence electrons. The fourth-order valence-corrected chi connectivity index (χ4v) is 4.65. The maximum Gasteiger partial charge on any atom is 0.0730 e. The third-order valence-corrected chi connectivity index (χ3v) is 6.13. The van der Waals surface area contributed by atoms with Gasteiger partial charge in [-0.1, -0.05) is 6.92 Å². The van der Waals surface area contributed by atoms with Crippen LogP contribution in [0.15, 0.2) is 0 Å². The van der Waals surface area contributed by atoms with Crippen LogP contribution in [0.4, 0.5) is 0 Å². The van der Waals surface area contributed by atoms with Gasteiger partial charge in [0.05, 0.1) is 23.9 Å². The second-order valence-corrected chi connectivity index (χ2v) is 7.37. The van der Waals surface area contributed by atoms with Crippen LogP contribution in [0.2, 0.25) is 0 Å². The van der Waals surface area contributed by atoms with Crippen LogP contribution in [0, 0.1) is 17.8 Å². The van der Waals surface area contributed by atoms with Crippen LogP contribution >= 0.6 is 0 Å². The summed E-state index contributed by atoms with van der Waals surface area (Å²) in [5.41, 5.74) is -0.0420. The fourth-order valence-electron chi connectivity index (χ4n) is 4.65. The number of rotatable bonds is 2. The van der Waals surface area contributed by atoms with Crippen molar-refractivity contribution in [1.82, 2.24) is 0 Å². The Hall–Kier alpha value is -0.160. The monoisotopic (exact) mass is 298 g/mol. The Morgan fingerprint density at radius 1 is 1.05 bits per heavy atom. The van der Waals surface area contributed by atoms with E-state index in [1.54, 1.807) is 0 Å². The van der Waals surface area contributed by atoms with Crippen LogP contribution in [0.1, 0.15) is 46.5 Å². The third kappa shape index (κ3) is 3.00. The van der Waals surface area contributed by atoms with Crippen molar-refractivity contribution in [2.75, 3.05) is 19.8 Å². The SMILES string of the molecule is CC1OC(C)C(C(O)C2CCOC3(CCOCC3)C2)C1C. The molecule has 3 saturated heterocycles. The van der Waals surface area contributed by atoms with E-state index in [1.807, 2.05) is 0 Å². The van der Waals surface area contributed by atoms with Crippen molar-refractivity contribution in [3.8, 4) is 0 Å². The highest BCUT2D eigenvalue weighted by molar-refractivity contribution is 4.96. The van der Waals surface area contributed by atoms with Gasteiger partial charge >= 0.3 is 0 Å². The number of hydrogen-bond acceptors (Lipinski definition) is 4. The Morgan fingerprint density at radius 2 is 1.76 bits per heavy atom. The lowest BCUT2D eigenvalue weighted by atomic mass is 9.72. The van der Waals surface area contributed by atoms with Gasteiger partial charge in [0, 0.05) is 25.7 Å². The van der Waals surface area contributed by atoms with Crippen molar-refractivity contribution in [1.29, 1.82) is 0 Å². The highest BCUT2D eigenvalue weighted by Gasteiger charge is 2.47. The van der Waals surface area contributed by atoms with E-state index in [9.17, 15) is 5.11 Å². The largest absolute Gasteiger partial charge is 0.392 e. The molecule has 0 aromatic carbocycles. The summed E-state index contributed by atoms with van der Waals surface area (Å²) in [5, 5.41) is 11.0. The highest BCUT2D eigenvalue weighted by atomic mass is 16.5. The topological polar surface area (TPSA) is 47.9 Å². The first-order valence-electron chi connectivity index (χ1n) is 8.58. The normalized spacial score (nSPS) is 44.9. The predicted molar refractivity (Wildman–Crippen MR) is 80.1 cm³/mol. The van der Waals surface area contributed by atoms with Crippen LogP contribution in [0.25, 0.3) is 0 Å². The molecule has 6 unspecified atom stereocenters. The van der Waals surface area contributed by atoms with Gasteiger partial charge in [-0.2, -0.15) is 0 Å². The zero-order chi connectivity index (χ0) is 15.0. The van der Waals surface area contributed by atoms with Gasteiger partial charge in [0.2, 0.25) is 0 Å².